The maximum absolute atomic E-state index is 13.3. The van der Waals surface area contributed by atoms with Crippen LogP contribution in [0.2, 0.25) is 0 Å². The van der Waals surface area contributed by atoms with Crippen LogP contribution < -0.4 is 4.90 Å². The van der Waals surface area contributed by atoms with Crippen molar-refractivity contribution in [3.8, 4) is 0 Å². The van der Waals surface area contributed by atoms with Crippen molar-refractivity contribution in [2.75, 3.05) is 11.4 Å². The van der Waals surface area contributed by atoms with Crippen molar-refractivity contribution in [1.82, 2.24) is 0 Å². The van der Waals surface area contributed by atoms with Gasteiger partial charge in [-0.3, -0.25) is 0 Å². The third kappa shape index (κ3) is 1.66. The SMILES string of the molecule is Fc1ccc(N2C=CC=CC2)c(F)c1. The highest BCUT2D eigenvalue weighted by Crippen LogP contribution is 2.21. The molecule has 72 valence electrons. The molecule has 14 heavy (non-hydrogen) atoms. The second-order valence-corrected chi connectivity index (χ2v) is 3.02. The van der Waals surface area contributed by atoms with Gasteiger partial charge in [-0.2, -0.15) is 0 Å². The minimum atomic E-state index is -0.553. The molecule has 0 amide bonds. The Balaban J connectivity index is 2.32. The number of allylic oxidation sites excluding steroid dienone is 2. The Labute approximate surface area is 81.0 Å². The first kappa shape index (κ1) is 8.94. The van der Waals surface area contributed by atoms with Crippen LogP contribution in [0.3, 0.4) is 0 Å². The lowest BCUT2D eigenvalue weighted by molar-refractivity contribution is 0.582. The van der Waals surface area contributed by atoms with Gasteiger partial charge in [-0.15, -0.1) is 0 Å². The molecule has 0 fully saturated rings. The third-order valence-electron chi connectivity index (χ3n) is 2.03. The van der Waals surface area contributed by atoms with E-state index in [0.29, 0.717) is 12.2 Å². The number of hydrogen-bond acceptors (Lipinski definition) is 1. The van der Waals surface area contributed by atoms with E-state index in [2.05, 4.69) is 0 Å². The van der Waals surface area contributed by atoms with Crippen molar-refractivity contribution < 1.29 is 8.78 Å². The zero-order valence-electron chi connectivity index (χ0n) is 7.45. The first-order valence-electron chi connectivity index (χ1n) is 4.32. The lowest BCUT2D eigenvalue weighted by Gasteiger charge is -2.20. The summed E-state index contributed by atoms with van der Waals surface area (Å²) in [4.78, 5) is 1.72. The minimum Gasteiger partial charge on any atom is -0.342 e. The molecule has 0 radical (unpaired) electrons. The fraction of sp³-hybridized carbons (Fsp3) is 0.0909. The molecule has 3 heteroatoms. The Morgan fingerprint density at radius 1 is 1.14 bits per heavy atom. The van der Waals surface area contributed by atoms with E-state index < -0.39 is 11.6 Å². The molecule has 0 N–H and O–H groups in total. The fourth-order valence-corrected chi connectivity index (χ4v) is 1.36. The number of anilines is 1. The van der Waals surface area contributed by atoms with E-state index in [4.69, 9.17) is 0 Å². The Morgan fingerprint density at radius 3 is 2.64 bits per heavy atom. The summed E-state index contributed by atoms with van der Waals surface area (Å²) < 4.78 is 25.9. The van der Waals surface area contributed by atoms with Crippen LogP contribution in [0.4, 0.5) is 14.5 Å². The monoisotopic (exact) mass is 193 g/mol. The van der Waals surface area contributed by atoms with Gasteiger partial charge < -0.3 is 4.90 Å². The Bertz CT molecular complexity index is 396. The summed E-state index contributed by atoms with van der Waals surface area (Å²) in [5, 5.41) is 0. The largest absolute Gasteiger partial charge is 0.342 e. The molecule has 1 nitrogen and oxygen atoms in total. The smallest absolute Gasteiger partial charge is 0.149 e. The summed E-state index contributed by atoms with van der Waals surface area (Å²) in [6.45, 7) is 0.610. The van der Waals surface area contributed by atoms with Crippen molar-refractivity contribution in [1.29, 1.82) is 0 Å². The molecule has 1 aliphatic heterocycles. The second kappa shape index (κ2) is 3.62. The quantitative estimate of drug-likeness (QED) is 0.662. The highest BCUT2D eigenvalue weighted by atomic mass is 19.1. The molecular weight excluding hydrogens is 184 g/mol. The van der Waals surface area contributed by atoms with Gasteiger partial charge in [-0.1, -0.05) is 12.2 Å². The molecule has 1 aromatic carbocycles. The number of rotatable bonds is 1. The highest BCUT2D eigenvalue weighted by Gasteiger charge is 2.09. The van der Waals surface area contributed by atoms with E-state index in [-0.39, 0.29) is 0 Å². The van der Waals surface area contributed by atoms with Crippen molar-refractivity contribution in [3.63, 3.8) is 0 Å². The molecule has 2 rings (SSSR count). The molecule has 0 atom stereocenters. The van der Waals surface area contributed by atoms with Crippen LogP contribution in [-0.4, -0.2) is 6.54 Å². The van der Waals surface area contributed by atoms with Gasteiger partial charge in [0, 0.05) is 18.8 Å². The van der Waals surface area contributed by atoms with Crippen LogP contribution in [0.15, 0.2) is 42.6 Å². The van der Waals surface area contributed by atoms with Gasteiger partial charge >= 0.3 is 0 Å². The van der Waals surface area contributed by atoms with Gasteiger partial charge in [-0.05, 0) is 18.2 Å². The molecule has 0 spiro atoms. The lowest BCUT2D eigenvalue weighted by Crippen LogP contribution is -2.18. The average molecular weight is 193 g/mol. The molecule has 1 aliphatic rings. The number of benzene rings is 1. The Hall–Kier alpha value is -1.64. The van der Waals surface area contributed by atoms with E-state index in [0.717, 1.165) is 6.07 Å². The standard InChI is InChI=1S/C11H9F2N/c12-9-4-5-11(10(13)8-9)14-6-2-1-3-7-14/h1-6,8H,7H2. The molecular formula is C11H9F2N. The van der Waals surface area contributed by atoms with Crippen molar-refractivity contribution in [2.45, 2.75) is 0 Å². The zero-order chi connectivity index (χ0) is 9.97. The summed E-state index contributed by atoms with van der Waals surface area (Å²) in [5.41, 5.74) is 0.395. The molecule has 0 unspecified atom stereocenters. The van der Waals surface area contributed by atoms with Crippen LogP contribution in [0, 0.1) is 11.6 Å². The van der Waals surface area contributed by atoms with Crippen LogP contribution >= 0.6 is 0 Å². The molecule has 1 heterocycles. The Morgan fingerprint density at radius 2 is 2.00 bits per heavy atom. The summed E-state index contributed by atoms with van der Waals surface area (Å²) in [6.07, 6.45) is 7.36. The van der Waals surface area contributed by atoms with Crippen LogP contribution in [0.1, 0.15) is 0 Å². The van der Waals surface area contributed by atoms with Crippen molar-refractivity contribution in [2.24, 2.45) is 0 Å². The molecule has 0 bridgehead atoms. The highest BCUT2D eigenvalue weighted by molar-refractivity contribution is 5.52. The topological polar surface area (TPSA) is 3.24 Å². The summed E-state index contributed by atoms with van der Waals surface area (Å²) in [7, 11) is 0. The van der Waals surface area contributed by atoms with Gasteiger partial charge in [-0.25, -0.2) is 8.78 Å². The first-order valence-corrected chi connectivity index (χ1v) is 4.32. The molecule has 0 aliphatic carbocycles. The number of halogens is 2. The average Bonchev–Trinajstić information content (AvgIpc) is 2.19. The predicted octanol–water partition coefficient (Wildman–Crippen LogP) is 2.85. The van der Waals surface area contributed by atoms with E-state index in [1.54, 1.807) is 11.1 Å². The lowest BCUT2D eigenvalue weighted by atomic mass is 10.2. The molecule has 1 aromatic rings. The summed E-state index contributed by atoms with van der Waals surface area (Å²) in [5.74, 6) is -1.09. The van der Waals surface area contributed by atoms with E-state index >= 15 is 0 Å². The van der Waals surface area contributed by atoms with Gasteiger partial charge in [0.2, 0.25) is 0 Å². The maximum atomic E-state index is 13.3. The van der Waals surface area contributed by atoms with Gasteiger partial charge in [0.05, 0.1) is 5.69 Å². The van der Waals surface area contributed by atoms with Crippen LogP contribution in [0.25, 0.3) is 0 Å². The van der Waals surface area contributed by atoms with Crippen LogP contribution in [-0.2, 0) is 0 Å². The summed E-state index contributed by atoms with van der Waals surface area (Å²) >= 11 is 0. The number of nitrogens with zero attached hydrogens (tertiary/aromatic N) is 1. The van der Waals surface area contributed by atoms with Gasteiger partial charge in [0.25, 0.3) is 0 Å². The second-order valence-electron chi connectivity index (χ2n) is 3.02. The van der Waals surface area contributed by atoms with E-state index in [1.807, 2.05) is 18.2 Å². The van der Waals surface area contributed by atoms with Gasteiger partial charge in [0.15, 0.2) is 0 Å². The normalized spacial score (nSPS) is 14.9. The third-order valence-corrected chi connectivity index (χ3v) is 2.03. The fourth-order valence-electron chi connectivity index (χ4n) is 1.36. The van der Waals surface area contributed by atoms with Gasteiger partial charge in [0.1, 0.15) is 11.6 Å². The Kier molecular flexibility index (Phi) is 2.31. The van der Waals surface area contributed by atoms with Crippen molar-refractivity contribution in [3.05, 3.63) is 54.3 Å². The molecule has 0 aromatic heterocycles. The molecule has 0 saturated heterocycles. The number of hydrogen-bond donors (Lipinski definition) is 0. The maximum Gasteiger partial charge on any atom is 0.149 e. The first-order chi connectivity index (χ1) is 6.77. The minimum absolute atomic E-state index is 0.395. The van der Waals surface area contributed by atoms with Crippen LogP contribution in [0.5, 0.6) is 0 Å². The van der Waals surface area contributed by atoms with E-state index in [1.165, 1.54) is 12.1 Å². The van der Waals surface area contributed by atoms with Crippen molar-refractivity contribution >= 4 is 5.69 Å². The summed E-state index contributed by atoms with van der Waals surface area (Å²) in [6, 6.07) is 3.58. The molecule has 0 saturated carbocycles. The zero-order valence-corrected chi connectivity index (χ0v) is 7.45. The predicted molar refractivity (Wildman–Crippen MR) is 52.0 cm³/mol. The van der Waals surface area contributed by atoms with E-state index in [9.17, 15) is 8.78 Å².